The molecule has 0 saturated heterocycles. The van der Waals surface area contributed by atoms with Gasteiger partial charge in [0.25, 0.3) is 0 Å². The van der Waals surface area contributed by atoms with Gasteiger partial charge >= 0.3 is 0 Å². The van der Waals surface area contributed by atoms with Crippen LogP contribution in [0.25, 0.3) is 0 Å². The lowest BCUT2D eigenvalue weighted by atomic mass is 9.84. The summed E-state index contributed by atoms with van der Waals surface area (Å²) >= 11 is 0. The first-order chi connectivity index (χ1) is 8.88. The quantitative estimate of drug-likeness (QED) is 0.846. The van der Waals surface area contributed by atoms with Crippen molar-refractivity contribution < 1.29 is 5.11 Å². The summed E-state index contributed by atoms with van der Waals surface area (Å²) in [7, 11) is 4.18. The Bertz CT molecular complexity index is 367. The normalized spacial score (nSPS) is 15.3. The fourth-order valence-electron chi connectivity index (χ4n) is 2.68. The lowest BCUT2D eigenvalue weighted by Gasteiger charge is -2.34. The van der Waals surface area contributed by atoms with E-state index in [0.29, 0.717) is 11.8 Å². The zero-order chi connectivity index (χ0) is 14.6. The van der Waals surface area contributed by atoms with E-state index in [9.17, 15) is 5.11 Å². The van der Waals surface area contributed by atoms with Gasteiger partial charge in [0.05, 0.1) is 0 Å². The van der Waals surface area contributed by atoms with Gasteiger partial charge in [-0.25, -0.2) is 0 Å². The molecule has 2 unspecified atom stereocenters. The minimum Gasteiger partial charge on any atom is -0.396 e. The van der Waals surface area contributed by atoms with E-state index in [-0.39, 0.29) is 18.6 Å². The van der Waals surface area contributed by atoms with Crippen LogP contribution in [0.2, 0.25) is 0 Å². The molecule has 1 aromatic rings. The molecule has 0 spiro atoms. The standard InChI is InChI=1S/C17H29NO/c1-12(2)14-7-9-15(10-8-14)17(18(5)6)16(11-19)13(3)4/h7-10,12-13,16-17,19H,11H2,1-6H3. The van der Waals surface area contributed by atoms with Gasteiger partial charge in [-0.15, -0.1) is 0 Å². The fraction of sp³-hybridized carbons (Fsp3) is 0.647. The van der Waals surface area contributed by atoms with E-state index in [1.165, 1.54) is 11.1 Å². The van der Waals surface area contributed by atoms with E-state index < -0.39 is 0 Å². The van der Waals surface area contributed by atoms with Crippen LogP contribution in [0.1, 0.15) is 50.8 Å². The average molecular weight is 263 g/mol. The van der Waals surface area contributed by atoms with Crippen molar-refractivity contribution in [2.24, 2.45) is 11.8 Å². The molecule has 0 radical (unpaired) electrons. The Morgan fingerprint density at radius 2 is 1.42 bits per heavy atom. The second kappa shape index (κ2) is 7.06. The summed E-state index contributed by atoms with van der Waals surface area (Å²) in [5.41, 5.74) is 2.66. The van der Waals surface area contributed by atoms with Crippen molar-refractivity contribution in [2.75, 3.05) is 20.7 Å². The predicted octanol–water partition coefficient (Wildman–Crippen LogP) is 3.68. The Kier molecular flexibility index (Phi) is 6.02. The Balaban J connectivity index is 3.05. The molecule has 0 bridgehead atoms. The van der Waals surface area contributed by atoms with Gasteiger partial charge < -0.3 is 10.0 Å². The van der Waals surface area contributed by atoms with Crippen molar-refractivity contribution in [2.45, 2.75) is 39.7 Å². The van der Waals surface area contributed by atoms with E-state index in [2.05, 4.69) is 71.0 Å². The van der Waals surface area contributed by atoms with Crippen LogP contribution in [0, 0.1) is 11.8 Å². The first-order valence-corrected chi connectivity index (χ1v) is 7.25. The van der Waals surface area contributed by atoms with Gasteiger partial charge in [-0.2, -0.15) is 0 Å². The number of aliphatic hydroxyl groups is 1. The molecule has 0 saturated carbocycles. The molecule has 0 heterocycles. The van der Waals surface area contributed by atoms with E-state index in [0.717, 1.165) is 0 Å². The number of nitrogens with zero attached hydrogens (tertiary/aromatic N) is 1. The highest BCUT2D eigenvalue weighted by Crippen LogP contribution is 2.32. The van der Waals surface area contributed by atoms with Crippen molar-refractivity contribution in [3.8, 4) is 0 Å². The first kappa shape index (κ1) is 16.2. The second-order valence-electron chi connectivity index (χ2n) is 6.32. The van der Waals surface area contributed by atoms with Crippen LogP contribution in [-0.4, -0.2) is 30.7 Å². The molecule has 108 valence electrons. The predicted molar refractivity (Wildman–Crippen MR) is 82.4 cm³/mol. The van der Waals surface area contributed by atoms with Crippen molar-refractivity contribution in [3.05, 3.63) is 35.4 Å². The van der Waals surface area contributed by atoms with Gasteiger partial charge in [0.2, 0.25) is 0 Å². The molecule has 2 atom stereocenters. The van der Waals surface area contributed by atoms with Gasteiger partial charge in [-0.05, 0) is 37.1 Å². The van der Waals surface area contributed by atoms with Crippen LogP contribution in [0.5, 0.6) is 0 Å². The molecule has 0 aliphatic carbocycles. The van der Waals surface area contributed by atoms with E-state index in [1.807, 2.05) is 0 Å². The summed E-state index contributed by atoms with van der Waals surface area (Å²) in [6.07, 6.45) is 0. The molecule has 1 rings (SSSR count). The number of hydrogen-bond donors (Lipinski definition) is 1. The van der Waals surface area contributed by atoms with Crippen molar-refractivity contribution in [3.63, 3.8) is 0 Å². The maximum atomic E-state index is 9.69. The summed E-state index contributed by atoms with van der Waals surface area (Å²) in [5.74, 6) is 1.28. The Labute approximate surface area is 118 Å². The number of benzene rings is 1. The first-order valence-electron chi connectivity index (χ1n) is 7.25. The molecule has 0 fully saturated rings. The zero-order valence-electron chi connectivity index (χ0n) is 13.2. The van der Waals surface area contributed by atoms with Crippen LogP contribution < -0.4 is 0 Å². The van der Waals surface area contributed by atoms with Gasteiger partial charge in [-0.3, -0.25) is 0 Å². The van der Waals surface area contributed by atoms with Crippen LogP contribution in [0.3, 0.4) is 0 Å². The maximum absolute atomic E-state index is 9.69. The van der Waals surface area contributed by atoms with Crippen molar-refractivity contribution in [1.82, 2.24) is 4.90 Å². The zero-order valence-corrected chi connectivity index (χ0v) is 13.2. The average Bonchev–Trinajstić information content (AvgIpc) is 2.34. The molecule has 1 N–H and O–H groups in total. The minimum absolute atomic E-state index is 0.229. The Morgan fingerprint density at radius 1 is 0.947 bits per heavy atom. The summed E-state index contributed by atoms with van der Waals surface area (Å²) in [5, 5.41) is 9.69. The monoisotopic (exact) mass is 263 g/mol. The molecule has 2 nitrogen and oxygen atoms in total. The SMILES string of the molecule is CC(C)c1ccc(C(C(CO)C(C)C)N(C)C)cc1. The summed E-state index contributed by atoms with van der Waals surface area (Å²) < 4.78 is 0. The molecular formula is C17H29NO. The van der Waals surface area contributed by atoms with Gasteiger partial charge in [-0.1, -0.05) is 52.0 Å². The second-order valence-corrected chi connectivity index (χ2v) is 6.32. The third-order valence-corrected chi connectivity index (χ3v) is 3.97. The third-order valence-electron chi connectivity index (χ3n) is 3.97. The number of rotatable bonds is 6. The van der Waals surface area contributed by atoms with Gasteiger partial charge in [0.1, 0.15) is 0 Å². The fourth-order valence-corrected chi connectivity index (χ4v) is 2.68. The molecular weight excluding hydrogens is 234 g/mol. The molecule has 0 amide bonds. The van der Waals surface area contributed by atoms with E-state index in [1.54, 1.807) is 0 Å². The smallest absolute Gasteiger partial charge is 0.0480 e. The topological polar surface area (TPSA) is 23.5 Å². The molecule has 2 heteroatoms. The molecule has 0 aromatic heterocycles. The van der Waals surface area contributed by atoms with Crippen LogP contribution in [-0.2, 0) is 0 Å². The van der Waals surface area contributed by atoms with Crippen LogP contribution in [0.15, 0.2) is 24.3 Å². The molecule has 0 aliphatic heterocycles. The highest BCUT2D eigenvalue weighted by atomic mass is 16.3. The summed E-state index contributed by atoms with van der Waals surface area (Å²) in [4.78, 5) is 2.21. The minimum atomic E-state index is 0.229. The maximum Gasteiger partial charge on any atom is 0.0480 e. The van der Waals surface area contributed by atoms with Crippen molar-refractivity contribution >= 4 is 0 Å². The third kappa shape index (κ3) is 4.05. The molecule has 1 aromatic carbocycles. The van der Waals surface area contributed by atoms with Gasteiger partial charge in [0.15, 0.2) is 0 Å². The van der Waals surface area contributed by atoms with E-state index in [4.69, 9.17) is 0 Å². The highest BCUT2D eigenvalue weighted by molar-refractivity contribution is 5.27. The Morgan fingerprint density at radius 3 is 1.74 bits per heavy atom. The molecule has 19 heavy (non-hydrogen) atoms. The largest absolute Gasteiger partial charge is 0.396 e. The summed E-state index contributed by atoms with van der Waals surface area (Å²) in [6, 6.07) is 9.12. The lowest BCUT2D eigenvalue weighted by Crippen LogP contribution is -2.32. The van der Waals surface area contributed by atoms with Crippen LogP contribution in [0.4, 0.5) is 0 Å². The Hall–Kier alpha value is -0.860. The van der Waals surface area contributed by atoms with E-state index >= 15 is 0 Å². The van der Waals surface area contributed by atoms with Crippen molar-refractivity contribution in [1.29, 1.82) is 0 Å². The summed E-state index contributed by atoms with van der Waals surface area (Å²) in [6.45, 7) is 9.01. The highest BCUT2D eigenvalue weighted by Gasteiger charge is 2.27. The van der Waals surface area contributed by atoms with Crippen LogP contribution >= 0.6 is 0 Å². The number of hydrogen-bond acceptors (Lipinski definition) is 2. The lowest BCUT2D eigenvalue weighted by molar-refractivity contribution is 0.100. The molecule has 0 aliphatic rings. The van der Waals surface area contributed by atoms with Gasteiger partial charge in [0, 0.05) is 18.6 Å². The number of aliphatic hydroxyl groups excluding tert-OH is 1.